The second-order valence-electron chi connectivity index (χ2n) is 4.95. The number of aliphatic hydroxyl groups excluding tert-OH is 1. The van der Waals surface area contributed by atoms with E-state index in [1.165, 1.54) is 7.11 Å². The van der Waals surface area contributed by atoms with Crippen LogP contribution in [0, 0.1) is 0 Å². The van der Waals surface area contributed by atoms with Crippen LogP contribution in [0.3, 0.4) is 0 Å². The van der Waals surface area contributed by atoms with Crippen molar-refractivity contribution in [2.45, 2.75) is 18.2 Å². The Balaban J connectivity index is 2.28. The van der Waals surface area contributed by atoms with Crippen LogP contribution in [-0.2, 0) is 16.9 Å². The van der Waals surface area contributed by atoms with E-state index in [9.17, 15) is 9.90 Å². The Bertz CT molecular complexity index is 600. The molecule has 0 unspecified atom stereocenters. The Morgan fingerprint density at radius 3 is 2.57 bits per heavy atom. The number of benzene rings is 2. The molecular weight excluding hydrogens is 266 g/mol. The zero-order chi connectivity index (χ0) is 15.3. The molecule has 0 spiro atoms. The van der Waals surface area contributed by atoms with Crippen molar-refractivity contribution in [3.63, 3.8) is 0 Å². The quantitative estimate of drug-likeness (QED) is 0.627. The molecule has 2 atom stereocenters. The van der Waals surface area contributed by atoms with Crippen molar-refractivity contribution in [1.82, 2.24) is 0 Å². The summed E-state index contributed by atoms with van der Waals surface area (Å²) >= 11 is 0. The minimum absolute atomic E-state index is 0.358. The summed E-state index contributed by atoms with van der Waals surface area (Å²) in [6.45, 7) is 0. The van der Waals surface area contributed by atoms with E-state index in [2.05, 4.69) is 0 Å². The fourth-order valence-electron chi connectivity index (χ4n) is 2.29. The molecule has 4 nitrogen and oxygen atoms in total. The first-order chi connectivity index (χ1) is 10.1. The zero-order valence-electron chi connectivity index (χ0n) is 11.9. The molecule has 0 bridgehead atoms. The highest BCUT2D eigenvalue weighted by atomic mass is 16.5. The number of carbonyl (C=O) groups is 1. The smallest absolute Gasteiger partial charge is 0.168 e. The van der Waals surface area contributed by atoms with Crippen LogP contribution in [0.5, 0.6) is 0 Å². The lowest BCUT2D eigenvalue weighted by molar-refractivity contribution is -0.104. The van der Waals surface area contributed by atoms with Crippen molar-refractivity contribution in [1.29, 1.82) is 0 Å². The van der Waals surface area contributed by atoms with E-state index in [4.69, 9.17) is 10.5 Å². The van der Waals surface area contributed by atoms with Crippen LogP contribution in [0.1, 0.15) is 21.5 Å². The Morgan fingerprint density at radius 1 is 1.24 bits per heavy atom. The molecule has 21 heavy (non-hydrogen) atoms. The lowest BCUT2D eigenvalue weighted by atomic mass is 9.92. The number of aldehydes is 1. The molecular formula is C17H19NO3. The monoisotopic (exact) mass is 285 g/mol. The number of nitrogens with two attached hydrogens (primary N) is 1. The molecule has 0 fully saturated rings. The number of methoxy groups -OCH3 is 1. The van der Waals surface area contributed by atoms with Crippen molar-refractivity contribution < 1.29 is 14.6 Å². The van der Waals surface area contributed by atoms with Gasteiger partial charge in [-0.2, -0.15) is 0 Å². The molecule has 2 aromatic rings. The maximum absolute atomic E-state index is 10.9. The molecule has 0 radical (unpaired) electrons. The van der Waals surface area contributed by atoms with Crippen molar-refractivity contribution in [3.05, 3.63) is 71.3 Å². The molecule has 0 aliphatic heterocycles. The predicted octanol–water partition coefficient (Wildman–Crippen LogP) is 1.86. The first-order valence-corrected chi connectivity index (χ1v) is 6.72. The Kier molecular flexibility index (Phi) is 4.85. The molecule has 110 valence electrons. The fraction of sp³-hybridized carbons (Fsp3) is 0.235. The molecule has 3 N–H and O–H groups in total. The van der Waals surface area contributed by atoms with E-state index in [-0.39, 0.29) is 0 Å². The van der Waals surface area contributed by atoms with Crippen LogP contribution in [0.2, 0.25) is 0 Å². The van der Waals surface area contributed by atoms with Gasteiger partial charge in [-0.3, -0.25) is 10.5 Å². The van der Waals surface area contributed by atoms with Gasteiger partial charge in [0.15, 0.2) is 5.72 Å². The van der Waals surface area contributed by atoms with Gasteiger partial charge < -0.3 is 9.84 Å². The second-order valence-corrected chi connectivity index (χ2v) is 4.95. The van der Waals surface area contributed by atoms with Crippen molar-refractivity contribution in [3.8, 4) is 0 Å². The summed E-state index contributed by atoms with van der Waals surface area (Å²) < 4.78 is 5.37. The summed E-state index contributed by atoms with van der Waals surface area (Å²) in [5.74, 6) is 0. The second kappa shape index (κ2) is 6.63. The molecule has 2 rings (SSSR count). The molecule has 0 heterocycles. The number of hydrogen-bond acceptors (Lipinski definition) is 4. The third kappa shape index (κ3) is 3.36. The van der Waals surface area contributed by atoms with E-state index >= 15 is 0 Å². The molecule has 0 saturated carbocycles. The fourth-order valence-corrected chi connectivity index (χ4v) is 2.29. The van der Waals surface area contributed by atoms with E-state index in [1.54, 1.807) is 24.3 Å². The SMILES string of the molecule is CO[C@](N)(c1cccc(C=O)c1)[C@H](O)Cc1ccccc1. The van der Waals surface area contributed by atoms with Gasteiger partial charge in [-0.05, 0) is 11.6 Å². The van der Waals surface area contributed by atoms with Gasteiger partial charge in [0, 0.05) is 24.7 Å². The maximum atomic E-state index is 10.9. The predicted molar refractivity (Wildman–Crippen MR) is 80.9 cm³/mol. The average Bonchev–Trinajstić information content (AvgIpc) is 2.55. The number of hydrogen-bond donors (Lipinski definition) is 2. The Labute approximate surface area is 124 Å². The lowest BCUT2D eigenvalue weighted by Gasteiger charge is -2.33. The number of ether oxygens (including phenoxy) is 1. The molecule has 0 amide bonds. The number of carbonyl (C=O) groups excluding carboxylic acids is 1. The van der Waals surface area contributed by atoms with Crippen LogP contribution < -0.4 is 5.73 Å². The summed E-state index contributed by atoms with van der Waals surface area (Å²) in [5.41, 5.74) is 6.90. The average molecular weight is 285 g/mol. The van der Waals surface area contributed by atoms with Gasteiger partial charge in [0.05, 0.1) is 0 Å². The van der Waals surface area contributed by atoms with Crippen LogP contribution in [0.25, 0.3) is 0 Å². The van der Waals surface area contributed by atoms with Crippen molar-refractivity contribution in [2.24, 2.45) is 5.73 Å². The van der Waals surface area contributed by atoms with E-state index in [1.807, 2.05) is 30.3 Å². The molecule has 4 heteroatoms. The summed E-state index contributed by atoms with van der Waals surface area (Å²) in [6.07, 6.45) is 0.159. The summed E-state index contributed by atoms with van der Waals surface area (Å²) in [4.78, 5) is 10.9. The van der Waals surface area contributed by atoms with Crippen LogP contribution in [0.15, 0.2) is 54.6 Å². The first-order valence-electron chi connectivity index (χ1n) is 6.72. The van der Waals surface area contributed by atoms with Gasteiger partial charge in [0.1, 0.15) is 12.4 Å². The van der Waals surface area contributed by atoms with Gasteiger partial charge in [-0.25, -0.2) is 0 Å². The van der Waals surface area contributed by atoms with E-state index in [0.717, 1.165) is 11.8 Å². The van der Waals surface area contributed by atoms with Crippen molar-refractivity contribution in [2.75, 3.05) is 7.11 Å². The molecule has 0 aromatic heterocycles. The molecule has 0 saturated heterocycles. The highest BCUT2D eigenvalue weighted by Gasteiger charge is 2.36. The normalized spacial score (nSPS) is 15.2. The number of rotatable bonds is 6. The van der Waals surface area contributed by atoms with Gasteiger partial charge in [0.2, 0.25) is 0 Å². The van der Waals surface area contributed by atoms with Gasteiger partial charge in [0.25, 0.3) is 0 Å². The topological polar surface area (TPSA) is 72.5 Å². The zero-order valence-corrected chi connectivity index (χ0v) is 11.9. The maximum Gasteiger partial charge on any atom is 0.168 e. The summed E-state index contributed by atoms with van der Waals surface area (Å²) in [5, 5.41) is 10.5. The third-order valence-corrected chi connectivity index (χ3v) is 3.58. The molecule has 2 aromatic carbocycles. The third-order valence-electron chi connectivity index (χ3n) is 3.58. The van der Waals surface area contributed by atoms with Crippen LogP contribution >= 0.6 is 0 Å². The first kappa shape index (κ1) is 15.4. The van der Waals surface area contributed by atoms with Gasteiger partial charge in [-0.1, -0.05) is 48.5 Å². The largest absolute Gasteiger partial charge is 0.388 e. The summed E-state index contributed by atoms with van der Waals surface area (Å²) in [6, 6.07) is 16.3. The van der Waals surface area contributed by atoms with Gasteiger partial charge >= 0.3 is 0 Å². The minimum atomic E-state index is -1.37. The standard InChI is InChI=1S/C17H19NO3/c1-21-17(18,15-9-5-8-14(10-15)12-19)16(20)11-13-6-3-2-4-7-13/h2-10,12,16,20H,11,18H2,1H3/t16-,17-/m1/s1. The molecule has 0 aliphatic rings. The van der Waals surface area contributed by atoms with Crippen LogP contribution in [-0.4, -0.2) is 24.6 Å². The minimum Gasteiger partial charge on any atom is -0.388 e. The summed E-state index contributed by atoms with van der Waals surface area (Å²) in [7, 11) is 1.45. The Morgan fingerprint density at radius 2 is 1.95 bits per heavy atom. The van der Waals surface area contributed by atoms with Crippen LogP contribution in [0.4, 0.5) is 0 Å². The number of aliphatic hydroxyl groups is 1. The van der Waals surface area contributed by atoms with Gasteiger partial charge in [-0.15, -0.1) is 0 Å². The van der Waals surface area contributed by atoms with E-state index in [0.29, 0.717) is 17.5 Å². The highest BCUT2D eigenvalue weighted by molar-refractivity contribution is 5.75. The highest BCUT2D eigenvalue weighted by Crippen LogP contribution is 2.26. The van der Waals surface area contributed by atoms with Crippen molar-refractivity contribution >= 4 is 6.29 Å². The van der Waals surface area contributed by atoms with E-state index < -0.39 is 11.8 Å². The Hall–Kier alpha value is -2.01. The molecule has 0 aliphatic carbocycles. The lowest BCUT2D eigenvalue weighted by Crippen LogP contribution is -2.50.